The van der Waals surface area contributed by atoms with Crippen LogP contribution in [0.3, 0.4) is 0 Å². The Morgan fingerprint density at radius 2 is 2.06 bits per heavy atom. The SMILES string of the molecule is CN(C)CCc1c(OCc2ccc(C#N)s2)ccc2c(CCC3CCNCC3)noc12. The topological polar surface area (TPSA) is 74.3 Å². The molecule has 164 valence electrons. The maximum absolute atomic E-state index is 9.04. The van der Waals surface area contributed by atoms with Gasteiger partial charge in [-0.1, -0.05) is 5.16 Å². The normalized spacial score (nSPS) is 14.9. The number of piperidine rings is 1. The number of nitrogens with one attached hydrogen (secondary N) is 1. The van der Waals surface area contributed by atoms with Crippen LogP contribution >= 0.6 is 11.3 Å². The molecule has 0 spiro atoms. The molecule has 0 unspecified atom stereocenters. The highest BCUT2D eigenvalue weighted by Crippen LogP contribution is 2.33. The van der Waals surface area contributed by atoms with Crippen LogP contribution < -0.4 is 10.1 Å². The van der Waals surface area contributed by atoms with E-state index in [0.29, 0.717) is 11.5 Å². The molecule has 6 nitrogen and oxygen atoms in total. The molecule has 3 heterocycles. The Morgan fingerprint density at radius 3 is 2.81 bits per heavy atom. The first-order valence-electron chi connectivity index (χ1n) is 11.0. The first-order chi connectivity index (χ1) is 15.1. The van der Waals surface area contributed by atoms with Crippen molar-refractivity contribution in [3.63, 3.8) is 0 Å². The van der Waals surface area contributed by atoms with Crippen LogP contribution in [0.25, 0.3) is 11.0 Å². The van der Waals surface area contributed by atoms with Gasteiger partial charge in [-0.2, -0.15) is 5.26 Å². The van der Waals surface area contributed by atoms with Crippen molar-refractivity contribution < 1.29 is 9.26 Å². The summed E-state index contributed by atoms with van der Waals surface area (Å²) in [5.74, 6) is 1.61. The molecule has 4 rings (SSSR count). The summed E-state index contributed by atoms with van der Waals surface area (Å²) in [6.45, 7) is 3.60. The van der Waals surface area contributed by atoms with Crippen molar-refractivity contribution in [3.05, 3.63) is 45.3 Å². The van der Waals surface area contributed by atoms with Crippen LogP contribution in [0.4, 0.5) is 0 Å². The van der Waals surface area contributed by atoms with Crippen molar-refractivity contribution in [2.45, 2.75) is 38.7 Å². The number of likely N-dealkylation sites (N-methyl/N-ethyl adjacent to an activating group) is 1. The average Bonchev–Trinajstić information content (AvgIpc) is 3.42. The summed E-state index contributed by atoms with van der Waals surface area (Å²) in [4.78, 5) is 3.90. The molecule has 2 aromatic heterocycles. The van der Waals surface area contributed by atoms with Crippen LogP contribution in [0.5, 0.6) is 5.75 Å². The third kappa shape index (κ3) is 5.45. The van der Waals surface area contributed by atoms with Gasteiger partial charge in [0.05, 0.1) is 5.69 Å². The van der Waals surface area contributed by atoms with E-state index in [9.17, 15) is 0 Å². The second kappa shape index (κ2) is 10.3. The fourth-order valence-corrected chi connectivity index (χ4v) is 4.87. The number of benzene rings is 1. The van der Waals surface area contributed by atoms with Crippen LogP contribution in [0.2, 0.25) is 0 Å². The van der Waals surface area contributed by atoms with E-state index in [2.05, 4.69) is 47.7 Å². The molecule has 0 aliphatic carbocycles. The van der Waals surface area contributed by atoms with Gasteiger partial charge in [0.2, 0.25) is 0 Å². The number of thiophene rings is 1. The standard InChI is InChI=1S/C24H30N4O2S/c1-28(2)14-11-21-23(29-16-19-5-4-18(15-25)31-19)8-6-20-22(27-30-24(20)21)7-3-17-9-12-26-13-10-17/h4-6,8,17,26H,3,7,9-14,16H2,1-2H3. The van der Waals surface area contributed by atoms with Gasteiger partial charge in [0.1, 0.15) is 23.3 Å². The van der Waals surface area contributed by atoms with Gasteiger partial charge in [-0.3, -0.25) is 0 Å². The van der Waals surface area contributed by atoms with Crippen LogP contribution in [-0.4, -0.2) is 43.8 Å². The molecule has 1 fully saturated rings. The molecule has 0 atom stereocenters. The molecule has 1 aliphatic heterocycles. The van der Waals surface area contributed by atoms with E-state index < -0.39 is 0 Å². The van der Waals surface area contributed by atoms with Crippen molar-refractivity contribution in [3.8, 4) is 11.8 Å². The Bertz CT molecular complexity index is 1040. The van der Waals surface area contributed by atoms with Crippen molar-refractivity contribution in [1.82, 2.24) is 15.4 Å². The Labute approximate surface area is 187 Å². The Balaban J connectivity index is 1.53. The van der Waals surface area contributed by atoms with Gasteiger partial charge in [0.15, 0.2) is 5.58 Å². The van der Waals surface area contributed by atoms with Crippen molar-refractivity contribution in [1.29, 1.82) is 5.26 Å². The highest BCUT2D eigenvalue weighted by molar-refractivity contribution is 7.12. The van der Waals surface area contributed by atoms with Gasteiger partial charge in [-0.05, 0) is 89.5 Å². The van der Waals surface area contributed by atoms with Gasteiger partial charge in [0, 0.05) is 22.4 Å². The molecular weight excluding hydrogens is 408 g/mol. The van der Waals surface area contributed by atoms with Gasteiger partial charge >= 0.3 is 0 Å². The summed E-state index contributed by atoms with van der Waals surface area (Å²) in [6.07, 6.45) is 5.44. The maximum atomic E-state index is 9.04. The van der Waals surface area contributed by atoms with Crippen LogP contribution in [0.15, 0.2) is 28.8 Å². The second-order valence-corrected chi connectivity index (χ2v) is 9.67. The third-order valence-corrected chi connectivity index (χ3v) is 6.94. The van der Waals surface area contributed by atoms with E-state index in [0.717, 1.165) is 77.7 Å². The monoisotopic (exact) mass is 438 g/mol. The highest BCUT2D eigenvalue weighted by Gasteiger charge is 2.19. The van der Waals surface area contributed by atoms with Gasteiger partial charge in [0.25, 0.3) is 0 Å². The molecule has 0 radical (unpaired) electrons. The van der Waals surface area contributed by atoms with Crippen LogP contribution in [0.1, 0.15) is 40.3 Å². The number of nitriles is 1. The zero-order valence-electron chi connectivity index (χ0n) is 18.3. The van der Waals surface area contributed by atoms with E-state index in [-0.39, 0.29) is 0 Å². The molecule has 1 saturated heterocycles. The van der Waals surface area contributed by atoms with Crippen LogP contribution in [0, 0.1) is 17.2 Å². The molecule has 7 heteroatoms. The molecule has 0 bridgehead atoms. The van der Waals surface area contributed by atoms with Crippen molar-refractivity contribution in [2.24, 2.45) is 5.92 Å². The molecular formula is C24H30N4O2S. The van der Waals surface area contributed by atoms with Gasteiger partial charge in [-0.15, -0.1) is 11.3 Å². The predicted molar refractivity (Wildman–Crippen MR) is 124 cm³/mol. The lowest BCUT2D eigenvalue weighted by molar-refractivity contribution is 0.304. The lowest BCUT2D eigenvalue weighted by Crippen LogP contribution is -2.27. The van der Waals surface area contributed by atoms with E-state index in [1.165, 1.54) is 24.2 Å². The summed E-state index contributed by atoms with van der Waals surface area (Å²) in [7, 11) is 4.14. The molecule has 0 amide bonds. The molecule has 1 aliphatic rings. The molecule has 31 heavy (non-hydrogen) atoms. The minimum Gasteiger partial charge on any atom is -0.488 e. The maximum Gasteiger partial charge on any atom is 0.174 e. The Kier molecular flexibility index (Phi) is 7.23. The molecule has 1 aromatic carbocycles. The van der Waals surface area contributed by atoms with Gasteiger partial charge in [-0.25, -0.2) is 0 Å². The smallest absolute Gasteiger partial charge is 0.174 e. The van der Waals surface area contributed by atoms with E-state index in [1.54, 1.807) is 0 Å². The number of hydrogen-bond acceptors (Lipinski definition) is 7. The fourth-order valence-electron chi connectivity index (χ4n) is 4.15. The third-order valence-electron chi connectivity index (χ3n) is 5.97. The summed E-state index contributed by atoms with van der Waals surface area (Å²) < 4.78 is 12.0. The number of nitrogens with zero attached hydrogens (tertiary/aromatic N) is 3. The summed E-state index contributed by atoms with van der Waals surface area (Å²) in [5, 5.41) is 18.0. The van der Waals surface area contributed by atoms with Gasteiger partial charge < -0.3 is 19.5 Å². The predicted octanol–water partition coefficient (Wildman–Crippen LogP) is 4.38. The number of hydrogen-bond donors (Lipinski definition) is 1. The summed E-state index contributed by atoms with van der Waals surface area (Å²) >= 11 is 1.47. The number of rotatable bonds is 9. The summed E-state index contributed by atoms with van der Waals surface area (Å²) in [6, 6.07) is 10.1. The minimum atomic E-state index is 0.448. The first-order valence-corrected chi connectivity index (χ1v) is 11.8. The van der Waals surface area contributed by atoms with E-state index in [1.807, 2.05) is 12.1 Å². The molecule has 1 N–H and O–H groups in total. The number of fused-ring (bicyclic) bond motifs is 1. The summed E-state index contributed by atoms with van der Waals surface area (Å²) in [5.41, 5.74) is 2.98. The second-order valence-electron chi connectivity index (χ2n) is 8.50. The lowest BCUT2D eigenvalue weighted by Gasteiger charge is -2.21. The Hall–Kier alpha value is -2.40. The minimum absolute atomic E-state index is 0.448. The largest absolute Gasteiger partial charge is 0.488 e. The fraction of sp³-hybridized carbons (Fsp3) is 0.500. The van der Waals surface area contributed by atoms with E-state index in [4.69, 9.17) is 14.5 Å². The first kappa shape index (κ1) is 21.8. The number of aromatic nitrogens is 1. The van der Waals surface area contributed by atoms with E-state index >= 15 is 0 Å². The van der Waals surface area contributed by atoms with Crippen molar-refractivity contribution >= 4 is 22.3 Å². The zero-order valence-corrected chi connectivity index (χ0v) is 19.1. The lowest BCUT2D eigenvalue weighted by atomic mass is 9.92. The highest BCUT2D eigenvalue weighted by atomic mass is 32.1. The molecule has 3 aromatic rings. The average molecular weight is 439 g/mol. The number of ether oxygens (including phenoxy) is 1. The Morgan fingerprint density at radius 1 is 1.23 bits per heavy atom. The quantitative estimate of drug-likeness (QED) is 0.535. The zero-order chi connectivity index (χ0) is 21.6. The molecule has 0 saturated carbocycles. The number of aryl methyl sites for hydroxylation is 1. The van der Waals surface area contributed by atoms with Crippen molar-refractivity contribution in [2.75, 3.05) is 33.7 Å². The van der Waals surface area contributed by atoms with Crippen LogP contribution in [-0.2, 0) is 19.4 Å².